The van der Waals surface area contributed by atoms with Gasteiger partial charge in [-0.2, -0.15) is 0 Å². The molecule has 1 aromatic carbocycles. The Bertz CT molecular complexity index is 417. The summed E-state index contributed by atoms with van der Waals surface area (Å²) in [5.41, 5.74) is 0. The fourth-order valence-corrected chi connectivity index (χ4v) is 2.05. The van der Waals surface area contributed by atoms with Gasteiger partial charge < -0.3 is 9.47 Å². The van der Waals surface area contributed by atoms with Crippen molar-refractivity contribution in [1.29, 1.82) is 0 Å². The molecular formula is C15H24BrO2Si. The molecule has 0 aliphatic carbocycles. The van der Waals surface area contributed by atoms with Crippen LogP contribution >= 0.6 is 15.9 Å². The molecule has 0 fully saturated rings. The highest BCUT2D eigenvalue weighted by Crippen LogP contribution is 2.35. The molecule has 0 bridgehead atoms. The van der Waals surface area contributed by atoms with E-state index in [4.69, 9.17) is 9.47 Å². The normalized spacial score (nSPS) is 12.1. The first-order chi connectivity index (χ1) is 8.72. The van der Waals surface area contributed by atoms with Gasteiger partial charge in [0.1, 0.15) is 0 Å². The SMILES string of the molecule is CC(C)Oc1cc(Br)ccc1OCC(C)(C)[Si](C)C. The maximum absolute atomic E-state index is 6.00. The van der Waals surface area contributed by atoms with Gasteiger partial charge in [0.25, 0.3) is 0 Å². The van der Waals surface area contributed by atoms with E-state index >= 15 is 0 Å². The molecule has 0 heterocycles. The molecule has 0 spiro atoms. The topological polar surface area (TPSA) is 18.5 Å². The first kappa shape index (κ1) is 16.6. The Labute approximate surface area is 127 Å². The van der Waals surface area contributed by atoms with Crippen molar-refractivity contribution in [3.8, 4) is 11.5 Å². The van der Waals surface area contributed by atoms with E-state index in [1.807, 2.05) is 32.0 Å². The molecule has 1 aromatic rings. The minimum absolute atomic E-state index is 0.140. The second kappa shape index (κ2) is 6.80. The van der Waals surface area contributed by atoms with Gasteiger partial charge >= 0.3 is 0 Å². The first-order valence-electron chi connectivity index (χ1n) is 6.62. The van der Waals surface area contributed by atoms with E-state index < -0.39 is 8.80 Å². The van der Waals surface area contributed by atoms with E-state index in [0.29, 0.717) is 0 Å². The van der Waals surface area contributed by atoms with Gasteiger partial charge in [-0.3, -0.25) is 0 Å². The molecular weight excluding hydrogens is 320 g/mol. The number of halogens is 1. The lowest BCUT2D eigenvalue weighted by atomic mass is 10.2. The van der Waals surface area contributed by atoms with Crippen molar-refractivity contribution in [2.45, 2.75) is 51.9 Å². The third-order valence-electron chi connectivity index (χ3n) is 3.21. The van der Waals surface area contributed by atoms with Gasteiger partial charge in [-0.1, -0.05) is 42.9 Å². The summed E-state index contributed by atoms with van der Waals surface area (Å²) >= 11 is 3.47. The summed E-state index contributed by atoms with van der Waals surface area (Å²) in [5.74, 6) is 1.63. The third-order valence-corrected chi connectivity index (χ3v) is 6.56. The summed E-state index contributed by atoms with van der Waals surface area (Å²) in [7, 11) is -0.399. The molecule has 0 N–H and O–H groups in total. The molecule has 0 atom stereocenters. The molecule has 0 aromatic heterocycles. The van der Waals surface area contributed by atoms with Gasteiger partial charge in [0.2, 0.25) is 0 Å². The van der Waals surface area contributed by atoms with Crippen LogP contribution in [-0.2, 0) is 0 Å². The fraction of sp³-hybridized carbons (Fsp3) is 0.600. The van der Waals surface area contributed by atoms with Crippen LogP contribution < -0.4 is 9.47 Å². The quantitative estimate of drug-likeness (QED) is 0.665. The number of rotatable bonds is 6. The van der Waals surface area contributed by atoms with E-state index in [-0.39, 0.29) is 11.1 Å². The Balaban J connectivity index is 2.83. The molecule has 0 saturated heterocycles. The first-order valence-corrected chi connectivity index (χ1v) is 9.91. The van der Waals surface area contributed by atoms with Crippen LogP contribution in [0.25, 0.3) is 0 Å². The highest BCUT2D eigenvalue weighted by Gasteiger charge is 2.25. The summed E-state index contributed by atoms with van der Waals surface area (Å²) in [6.07, 6.45) is 0.140. The number of hydrogen-bond acceptors (Lipinski definition) is 2. The summed E-state index contributed by atoms with van der Waals surface area (Å²) in [5, 5.41) is 0.243. The van der Waals surface area contributed by atoms with Gasteiger partial charge in [0.05, 0.1) is 21.5 Å². The monoisotopic (exact) mass is 343 g/mol. The summed E-state index contributed by atoms with van der Waals surface area (Å²) in [6, 6.07) is 5.92. The van der Waals surface area contributed by atoms with Gasteiger partial charge in [0, 0.05) is 4.47 Å². The Morgan fingerprint density at radius 2 is 1.84 bits per heavy atom. The highest BCUT2D eigenvalue weighted by molar-refractivity contribution is 9.10. The van der Waals surface area contributed by atoms with Crippen LogP contribution in [0.1, 0.15) is 27.7 Å². The molecule has 0 unspecified atom stereocenters. The fourth-order valence-electron chi connectivity index (χ4n) is 1.35. The number of hydrogen-bond donors (Lipinski definition) is 0. The van der Waals surface area contributed by atoms with Crippen LogP contribution in [0.4, 0.5) is 0 Å². The predicted molar refractivity (Wildman–Crippen MR) is 86.9 cm³/mol. The van der Waals surface area contributed by atoms with Crippen LogP contribution in [-0.4, -0.2) is 21.5 Å². The Morgan fingerprint density at radius 1 is 1.21 bits per heavy atom. The number of benzene rings is 1. The average molecular weight is 344 g/mol. The van der Waals surface area contributed by atoms with Crippen LogP contribution in [0.5, 0.6) is 11.5 Å². The van der Waals surface area contributed by atoms with Crippen molar-refractivity contribution >= 4 is 24.7 Å². The average Bonchev–Trinajstić information content (AvgIpc) is 2.26. The van der Waals surface area contributed by atoms with Crippen molar-refractivity contribution in [1.82, 2.24) is 0 Å². The van der Waals surface area contributed by atoms with Gasteiger partial charge in [0.15, 0.2) is 11.5 Å². The van der Waals surface area contributed by atoms with Crippen LogP contribution in [0.2, 0.25) is 18.1 Å². The molecule has 1 radical (unpaired) electrons. The second-order valence-corrected chi connectivity index (χ2v) is 10.2. The van der Waals surface area contributed by atoms with E-state index in [1.165, 1.54) is 0 Å². The van der Waals surface area contributed by atoms with Crippen molar-refractivity contribution in [2.75, 3.05) is 6.61 Å². The molecule has 0 amide bonds. The molecule has 107 valence electrons. The van der Waals surface area contributed by atoms with Crippen molar-refractivity contribution < 1.29 is 9.47 Å². The summed E-state index contributed by atoms with van der Waals surface area (Å²) < 4.78 is 12.8. The van der Waals surface area contributed by atoms with Gasteiger partial charge in [-0.05, 0) is 37.1 Å². The van der Waals surface area contributed by atoms with Crippen LogP contribution in [0.3, 0.4) is 0 Å². The molecule has 0 aliphatic heterocycles. The van der Waals surface area contributed by atoms with Crippen LogP contribution in [0, 0.1) is 0 Å². The van der Waals surface area contributed by atoms with Gasteiger partial charge in [-0.15, -0.1) is 0 Å². The molecule has 1 rings (SSSR count). The van der Waals surface area contributed by atoms with E-state index in [9.17, 15) is 0 Å². The van der Waals surface area contributed by atoms with E-state index in [0.717, 1.165) is 22.6 Å². The zero-order chi connectivity index (χ0) is 14.6. The summed E-state index contributed by atoms with van der Waals surface area (Å²) in [6.45, 7) is 13.9. The minimum atomic E-state index is -0.399. The van der Waals surface area contributed by atoms with Crippen molar-refractivity contribution in [3.05, 3.63) is 22.7 Å². The smallest absolute Gasteiger partial charge is 0.162 e. The zero-order valence-corrected chi connectivity index (χ0v) is 15.3. The lowest BCUT2D eigenvalue weighted by Crippen LogP contribution is -2.27. The predicted octanol–water partition coefficient (Wildman–Crippen LogP) is 5.15. The molecule has 0 saturated carbocycles. The third kappa shape index (κ3) is 5.19. The van der Waals surface area contributed by atoms with Crippen molar-refractivity contribution in [3.63, 3.8) is 0 Å². The zero-order valence-electron chi connectivity index (χ0n) is 12.7. The Hall–Kier alpha value is -0.483. The maximum Gasteiger partial charge on any atom is 0.162 e. The Morgan fingerprint density at radius 3 is 2.37 bits per heavy atom. The molecule has 2 nitrogen and oxygen atoms in total. The van der Waals surface area contributed by atoms with Crippen molar-refractivity contribution in [2.24, 2.45) is 0 Å². The maximum atomic E-state index is 6.00. The lowest BCUT2D eigenvalue weighted by molar-refractivity contribution is 0.213. The van der Waals surface area contributed by atoms with Gasteiger partial charge in [-0.25, -0.2) is 0 Å². The summed E-state index contributed by atoms with van der Waals surface area (Å²) in [4.78, 5) is 0. The van der Waals surface area contributed by atoms with E-state index in [2.05, 4.69) is 42.9 Å². The largest absolute Gasteiger partial charge is 0.489 e. The molecule has 4 heteroatoms. The lowest BCUT2D eigenvalue weighted by Gasteiger charge is -2.28. The number of ether oxygens (including phenoxy) is 2. The minimum Gasteiger partial charge on any atom is -0.489 e. The van der Waals surface area contributed by atoms with Crippen LogP contribution in [0.15, 0.2) is 22.7 Å². The Kier molecular flexibility index (Phi) is 5.93. The molecule has 0 aliphatic rings. The standard InChI is InChI=1S/C15H24BrO2Si/c1-11(2)18-14-9-12(16)7-8-13(14)17-10-15(3,4)19(5)6/h7-9,11H,10H2,1-6H3. The highest BCUT2D eigenvalue weighted by atomic mass is 79.9. The second-order valence-electron chi connectivity index (χ2n) is 5.93. The molecule has 19 heavy (non-hydrogen) atoms. The van der Waals surface area contributed by atoms with E-state index in [1.54, 1.807) is 0 Å².